The second-order valence-electron chi connectivity index (χ2n) is 4.18. The smallest absolute Gasteiger partial charge is 0.189 e. The molecule has 0 saturated carbocycles. The summed E-state index contributed by atoms with van der Waals surface area (Å²) in [7, 11) is 0. The minimum atomic E-state index is -0.0543. The lowest BCUT2D eigenvalue weighted by Gasteiger charge is -2.40. The Balaban J connectivity index is 4.56. The molecule has 12 heavy (non-hydrogen) atoms. The molecule has 0 radical (unpaired) electrons. The van der Waals surface area contributed by atoms with E-state index in [2.05, 4.69) is 34.6 Å². The Morgan fingerprint density at radius 2 is 1.92 bits per heavy atom. The van der Waals surface area contributed by atoms with Gasteiger partial charge in [-0.05, 0) is 34.1 Å². The fraction of sp³-hybridized carbons (Fsp3) is 0.889. The highest BCUT2D eigenvalue weighted by Gasteiger charge is 2.25. The Hall–Kier alpha value is -0.730. The van der Waals surface area contributed by atoms with Gasteiger partial charge >= 0.3 is 0 Å². The predicted molar refractivity (Wildman–Crippen MR) is 53.3 cm³/mol. The Morgan fingerprint density at radius 1 is 1.50 bits per heavy atom. The summed E-state index contributed by atoms with van der Waals surface area (Å²) in [6.45, 7) is 10.4. The van der Waals surface area contributed by atoms with Gasteiger partial charge in [-0.1, -0.05) is 6.92 Å². The average molecular weight is 171 g/mol. The third kappa shape index (κ3) is 2.72. The maximum absolute atomic E-state index is 7.44. The summed E-state index contributed by atoms with van der Waals surface area (Å²) >= 11 is 0. The van der Waals surface area contributed by atoms with Crippen LogP contribution in [0, 0.1) is 5.41 Å². The van der Waals surface area contributed by atoms with Crippen LogP contribution in [-0.2, 0) is 0 Å². The van der Waals surface area contributed by atoms with Crippen LogP contribution in [0.15, 0.2) is 0 Å². The van der Waals surface area contributed by atoms with Crippen LogP contribution in [-0.4, -0.2) is 22.4 Å². The molecule has 0 aliphatic carbocycles. The monoisotopic (exact) mass is 171 g/mol. The first-order valence-corrected chi connectivity index (χ1v) is 4.44. The molecule has 0 aromatic carbocycles. The van der Waals surface area contributed by atoms with Gasteiger partial charge < -0.3 is 10.6 Å². The van der Waals surface area contributed by atoms with Gasteiger partial charge in [0.25, 0.3) is 0 Å². The number of guanidine groups is 1. The Bertz CT molecular complexity index is 158. The molecule has 3 heteroatoms. The van der Waals surface area contributed by atoms with Crippen molar-refractivity contribution in [3.63, 3.8) is 0 Å². The highest BCUT2D eigenvalue weighted by atomic mass is 15.3. The first-order valence-electron chi connectivity index (χ1n) is 4.44. The number of hydrogen-bond acceptors (Lipinski definition) is 1. The van der Waals surface area contributed by atoms with Gasteiger partial charge in [0.15, 0.2) is 5.96 Å². The van der Waals surface area contributed by atoms with Crippen LogP contribution in [0.1, 0.15) is 41.0 Å². The first-order chi connectivity index (χ1) is 5.30. The van der Waals surface area contributed by atoms with E-state index in [1.54, 1.807) is 0 Å². The molecule has 3 nitrogen and oxygen atoms in total. The summed E-state index contributed by atoms with van der Waals surface area (Å²) in [6.07, 6.45) is 1.01. The standard InChI is InChI=1S/C9H21N3/c1-6-7(2)12(8(10)11)9(3,4)5/h7H,6H2,1-5H3,(H3,10,11). The Labute approximate surface area is 75.4 Å². The molecule has 0 aromatic heterocycles. The van der Waals surface area contributed by atoms with Gasteiger partial charge in [-0.3, -0.25) is 5.41 Å². The minimum Gasteiger partial charge on any atom is -0.370 e. The topological polar surface area (TPSA) is 53.1 Å². The number of nitrogens with zero attached hydrogens (tertiary/aromatic N) is 1. The quantitative estimate of drug-likeness (QED) is 0.491. The van der Waals surface area contributed by atoms with Gasteiger partial charge in [0.05, 0.1) is 0 Å². The number of rotatable bonds is 2. The normalized spacial score (nSPS) is 14.1. The van der Waals surface area contributed by atoms with Crippen molar-refractivity contribution in [1.82, 2.24) is 4.90 Å². The van der Waals surface area contributed by atoms with Crippen LogP contribution in [0.25, 0.3) is 0 Å². The molecule has 0 aliphatic rings. The summed E-state index contributed by atoms with van der Waals surface area (Å²) in [6, 6.07) is 0.336. The SMILES string of the molecule is CCC(C)N(C(=N)N)C(C)(C)C. The largest absolute Gasteiger partial charge is 0.370 e. The van der Waals surface area contributed by atoms with E-state index in [1.165, 1.54) is 0 Å². The van der Waals surface area contributed by atoms with E-state index in [-0.39, 0.29) is 11.5 Å². The zero-order valence-electron chi connectivity index (χ0n) is 8.81. The lowest BCUT2D eigenvalue weighted by atomic mass is 10.0. The molecule has 1 unspecified atom stereocenters. The fourth-order valence-electron chi connectivity index (χ4n) is 1.44. The van der Waals surface area contributed by atoms with Crippen molar-refractivity contribution in [2.24, 2.45) is 5.73 Å². The molecule has 0 aliphatic heterocycles. The molecule has 1 atom stereocenters. The number of nitrogens with two attached hydrogens (primary N) is 1. The summed E-state index contributed by atoms with van der Waals surface area (Å²) in [5, 5.41) is 7.44. The van der Waals surface area contributed by atoms with Crippen molar-refractivity contribution in [2.45, 2.75) is 52.6 Å². The molecule has 0 heterocycles. The zero-order chi connectivity index (χ0) is 9.94. The molecular weight excluding hydrogens is 150 g/mol. The summed E-state index contributed by atoms with van der Waals surface area (Å²) in [4.78, 5) is 1.94. The third-order valence-electron chi connectivity index (χ3n) is 2.01. The van der Waals surface area contributed by atoms with Crippen molar-refractivity contribution in [3.8, 4) is 0 Å². The summed E-state index contributed by atoms with van der Waals surface area (Å²) in [5.41, 5.74) is 5.45. The predicted octanol–water partition coefficient (Wildman–Crippen LogP) is 1.78. The molecule has 0 aromatic rings. The van der Waals surface area contributed by atoms with E-state index in [9.17, 15) is 0 Å². The molecule has 0 saturated heterocycles. The summed E-state index contributed by atoms with van der Waals surface area (Å²) < 4.78 is 0. The highest BCUT2D eigenvalue weighted by Crippen LogP contribution is 2.17. The summed E-state index contributed by atoms with van der Waals surface area (Å²) in [5.74, 6) is 0.164. The number of hydrogen-bond donors (Lipinski definition) is 2. The lowest BCUT2D eigenvalue weighted by molar-refractivity contribution is 0.177. The van der Waals surface area contributed by atoms with E-state index in [1.807, 2.05) is 4.90 Å². The van der Waals surface area contributed by atoms with Crippen LogP contribution >= 0.6 is 0 Å². The van der Waals surface area contributed by atoms with Crippen LogP contribution < -0.4 is 5.73 Å². The van der Waals surface area contributed by atoms with Gasteiger partial charge in [0.2, 0.25) is 0 Å². The van der Waals surface area contributed by atoms with Crippen LogP contribution in [0.4, 0.5) is 0 Å². The van der Waals surface area contributed by atoms with Crippen molar-refractivity contribution < 1.29 is 0 Å². The molecule has 0 amide bonds. The van der Waals surface area contributed by atoms with Gasteiger partial charge in [-0.2, -0.15) is 0 Å². The van der Waals surface area contributed by atoms with Gasteiger partial charge in [0, 0.05) is 11.6 Å². The Morgan fingerprint density at radius 3 is 2.00 bits per heavy atom. The second-order valence-corrected chi connectivity index (χ2v) is 4.18. The van der Waals surface area contributed by atoms with Crippen molar-refractivity contribution in [2.75, 3.05) is 0 Å². The van der Waals surface area contributed by atoms with Crippen LogP contribution in [0.2, 0.25) is 0 Å². The minimum absolute atomic E-state index is 0.0543. The number of nitrogens with one attached hydrogen (secondary N) is 1. The maximum Gasteiger partial charge on any atom is 0.189 e. The van der Waals surface area contributed by atoms with E-state index >= 15 is 0 Å². The van der Waals surface area contributed by atoms with Crippen molar-refractivity contribution in [3.05, 3.63) is 0 Å². The van der Waals surface area contributed by atoms with E-state index in [4.69, 9.17) is 11.1 Å². The van der Waals surface area contributed by atoms with Gasteiger partial charge in [-0.25, -0.2) is 0 Å². The zero-order valence-corrected chi connectivity index (χ0v) is 8.81. The van der Waals surface area contributed by atoms with Crippen LogP contribution in [0.3, 0.4) is 0 Å². The molecule has 72 valence electrons. The molecule has 0 spiro atoms. The first kappa shape index (κ1) is 11.3. The molecule has 0 bridgehead atoms. The van der Waals surface area contributed by atoms with E-state index in [0.29, 0.717) is 6.04 Å². The van der Waals surface area contributed by atoms with Gasteiger partial charge in [-0.15, -0.1) is 0 Å². The van der Waals surface area contributed by atoms with Crippen molar-refractivity contribution in [1.29, 1.82) is 5.41 Å². The Kier molecular flexibility index (Phi) is 3.55. The molecule has 0 rings (SSSR count). The molecule has 3 N–H and O–H groups in total. The molecule has 0 fully saturated rings. The third-order valence-corrected chi connectivity index (χ3v) is 2.01. The maximum atomic E-state index is 7.44. The average Bonchev–Trinajstić information content (AvgIpc) is 1.83. The fourth-order valence-corrected chi connectivity index (χ4v) is 1.44. The highest BCUT2D eigenvalue weighted by molar-refractivity contribution is 5.75. The van der Waals surface area contributed by atoms with E-state index < -0.39 is 0 Å². The lowest BCUT2D eigenvalue weighted by Crippen LogP contribution is -2.53. The van der Waals surface area contributed by atoms with Crippen molar-refractivity contribution >= 4 is 5.96 Å². The van der Waals surface area contributed by atoms with Gasteiger partial charge in [0.1, 0.15) is 0 Å². The second kappa shape index (κ2) is 3.78. The van der Waals surface area contributed by atoms with Crippen LogP contribution in [0.5, 0.6) is 0 Å². The molecular formula is C9H21N3. The van der Waals surface area contributed by atoms with E-state index in [0.717, 1.165) is 6.42 Å².